The van der Waals surface area contributed by atoms with E-state index in [1.807, 2.05) is 17.8 Å². The van der Waals surface area contributed by atoms with Crippen molar-refractivity contribution >= 4 is 33.3 Å². The van der Waals surface area contributed by atoms with E-state index in [2.05, 4.69) is 34.8 Å². The van der Waals surface area contributed by atoms with Gasteiger partial charge in [0, 0.05) is 35.8 Å². The lowest BCUT2D eigenvalue weighted by Gasteiger charge is -2.22. The van der Waals surface area contributed by atoms with E-state index in [-0.39, 0.29) is 0 Å². The van der Waals surface area contributed by atoms with E-state index in [0.717, 1.165) is 24.5 Å². The molecule has 2 aromatic rings. The number of fused-ring (bicyclic) bond motifs is 5. The number of aryl methyl sites for hydroxylation is 1. The normalized spacial score (nSPS) is 17.3. The zero-order valence-corrected chi connectivity index (χ0v) is 12.5. The van der Waals surface area contributed by atoms with Gasteiger partial charge in [-0.25, -0.2) is 0 Å². The van der Waals surface area contributed by atoms with Gasteiger partial charge in [-0.3, -0.25) is 4.99 Å². The van der Waals surface area contributed by atoms with Crippen LogP contribution in [0.25, 0.3) is 16.5 Å². The zero-order chi connectivity index (χ0) is 13.7. The molecule has 2 aliphatic rings. The van der Waals surface area contributed by atoms with E-state index in [1.165, 1.54) is 32.8 Å². The molecular weight excluding hydrogens is 268 g/mol. The van der Waals surface area contributed by atoms with Crippen LogP contribution in [0.2, 0.25) is 0 Å². The van der Waals surface area contributed by atoms with Gasteiger partial charge in [0.15, 0.2) is 0 Å². The average Bonchev–Trinajstić information content (AvgIpc) is 2.80. The molecule has 0 amide bonds. The molecule has 0 saturated heterocycles. The van der Waals surface area contributed by atoms with Gasteiger partial charge in [0.05, 0.1) is 17.8 Å². The third-order valence-corrected chi connectivity index (χ3v) is 5.14. The Kier molecular flexibility index (Phi) is 2.67. The quantitative estimate of drug-likeness (QED) is 0.799. The maximum atomic E-state index is 5.37. The summed E-state index contributed by atoms with van der Waals surface area (Å²) in [6.07, 6.45) is 3.38. The van der Waals surface area contributed by atoms with Crippen molar-refractivity contribution in [3.63, 3.8) is 0 Å². The van der Waals surface area contributed by atoms with Crippen LogP contribution < -0.4 is 4.74 Å². The van der Waals surface area contributed by atoms with Gasteiger partial charge in [-0.05, 0) is 30.2 Å². The number of ether oxygens (including phenoxy) is 1. The van der Waals surface area contributed by atoms with Crippen molar-refractivity contribution < 1.29 is 4.74 Å². The van der Waals surface area contributed by atoms with Gasteiger partial charge in [-0.1, -0.05) is 6.08 Å². The molecule has 0 saturated carbocycles. The number of aliphatic imine (C=N–C) groups is 1. The lowest BCUT2D eigenvalue weighted by atomic mass is 10.0. The van der Waals surface area contributed by atoms with Crippen molar-refractivity contribution in [2.75, 3.05) is 13.7 Å². The highest BCUT2D eigenvalue weighted by Crippen LogP contribution is 2.42. The van der Waals surface area contributed by atoms with Crippen LogP contribution >= 0.6 is 11.8 Å². The second-order valence-electron chi connectivity index (χ2n) is 5.15. The van der Waals surface area contributed by atoms with Gasteiger partial charge in [0.25, 0.3) is 0 Å². The predicted octanol–water partition coefficient (Wildman–Crippen LogP) is 3.62. The molecule has 0 unspecified atom stereocenters. The molecule has 0 radical (unpaired) electrons. The number of hydrogen-bond acceptors (Lipinski definition) is 3. The van der Waals surface area contributed by atoms with Gasteiger partial charge in [0.2, 0.25) is 0 Å². The van der Waals surface area contributed by atoms with Crippen molar-refractivity contribution in [3.8, 4) is 5.75 Å². The van der Waals surface area contributed by atoms with Crippen LogP contribution in [0.5, 0.6) is 5.75 Å². The Morgan fingerprint density at radius 3 is 3.10 bits per heavy atom. The van der Waals surface area contributed by atoms with Crippen molar-refractivity contribution in [1.29, 1.82) is 0 Å². The fraction of sp³-hybridized carbons (Fsp3) is 0.312. The minimum atomic E-state index is 0.924. The van der Waals surface area contributed by atoms with Crippen LogP contribution in [-0.2, 0) is 12.8 Å². The minimum absolute atomic E-state index is 0.924. The van der Waals surface area contributed by atoms with Crippen LogP contribution in [0.1, 0.15) is 17.7 Å². The first-order valence-electron chi connectivity index (χ1n) is 6.83. The molecule has 4 heteroatoms. The predicted molar refractivity (Wildman–Crippen MR) is 85.7 cm³/mol. The third kappa shape index (κ3) is 1.57. The van der Waals surface area contributed by atoms with Crippen LogP contribution in [0.3, 0.4) is 0 Å². The molecule has 0 atom stereocenters. The second-order valence-corrected chi connectivity index (χ2v) is 6.12. The highest BCUT2D eigenvalue weighted by Gasteiger charge is 2.27. The lowest BCUT2D eigenvalue weighted by molar-refractivity contribution is 0.415. The molecule has 2 aliphatic heterocycles. The molecule has 20 heavy (non-hydrogen) atoms. The highest BCUT2D eigenvalue weighted by atomic mass is 32.2. The first-order chi connectivity index (χ1) is 9.79. The van der Waals surface area contributed by atoms with Crippen LogP contribution in [-0.4, -0.2) is 23.3 Å². The number of nitrogens with zero attached hydrogens (tertiary/aromatic N) is 2. The standard InChI is InChI=1S/C16H16N2OS/c1-18-14-6-5-10(19-2)8-12(14)13-9-20-16-11(15(13)18)4-3-7-17-16/h4-6,8H,3,7,9H2,1-2H3. The molecule has 3 heterocycles. The van der Waals surface area contributed by atoms with Crippen LogP contribution in [0.15, 0.2) is 29.3 Å². The maximum absolute atomic E-state index is 5.37. The first-order valence-corrected chi connectivity index (χ1v) is 7.81. The number of rotatable bonds is 1. The molecule has 102 valence electrons. The average molecular weight is 284 g/mol. The van der Waals surface area contributed by atoms with Crippen molar-refractivity contribution in [2.24, 2.45) is 12.0 Å². The van der Waals surface area contributed by atoms with Gasteiger partial charge < -0.3 is 9.30 Å². The van der Waals surface area contributed by atoms with Crippen molar-refractivity contribution in [2.45, 2.75) is 12.2 Å². The molecule has 3 nitrogen and oxygen atoms in total. The largest absolute Gasteiger partial charge is 0.497 e. The zero-order valence-electron chi connectivity index (χ0n) is 11.6. The summed E-state index contributed by atoms with van der Waals surface area (Å²) < 4.78 is 7.68. The summed E-state index contributed by atoms with van der Waals surface area (Å²) in [5.74, 6) is 1.92. The van der Waals surface area contributed by atoms with E-state index < -0.39 is 0 Å². The fourth-order valence-corrected chi connectivity index (χ4v) is 4.22. The molecule has 4 rings (SSSR count). The Morgan fingerprint density at radius 2 is 2.25 bits per heavy atom. The molecule has 0 aliphatic carbocycles. The Morgan fingerprint density at radius 1 is 1.35 bits per heavy atom. The second kappa shape index (κ2) is 4.42. The third-order valence-electron chi connectivity index (χ3n) is 4.08. The number of thioether (sulfide) groups is 1. The monoisotopic (exact) mass is 284 g/mol. The fourth-order valence-electron chi connectivity index (χ4n) is 3.13. The molecule has 0 bridgehead atoms. The van der Waals surface area contributed by atoms with E-state index in [9.17, 15) is 0 Å². The Hall–Kier alpha value is -1.68. The summed E-state index contributed by atoms with van der Waals surface area (Å²) in [5, 5.41) is 2.52. The molecule has 0 spiro atoms. The maximum Gasteiger partial charge on any atom is 0.119 e. The SMILES string of the molecule is COc1ccc2c(c1)c1c(n2C)C2=CCCN=C2SC1. The minimum Gasteiger partial charge on any atom is -0.497 e. The number of aromatic nitrogens is 1. The van der Waals surface area contributed by atoms with Crippen molar-refractivity contribution in [1.82, 2.24) is 4.57 Å². The Balaban J connectivity index is 2.03. The first kappa shape index (κ1) is 12.1. The van der Waals surface area contributed by atoms with Gasteiger partial charge in [-0.15, -0.1) is 11.8 Å². The Bertz CT molecular complexity index is 770. The number of methoxy groups -OCH3 is 1. The lowest BCUT2D eigenvalue weighted by Crippen LogP contribution is -2.13. The summed E-state index contributed by atoms with van der Waals surface area (Å²) in [5.41, 5.74) is 5.34. The summed E-state index contributed by atoms with van der Waals surface area (Å²) in [7, 11) is 3.87. The van der Waals surface area contributed by atoms with E-state index in [1.54, 1.807) is 7.11 Å². The highest BCUT2D eigenvalue weighted by molar-refractivity contribution is 8.14. The molecule has 0 fully saturated rings. The van der Waals surface area contributed by atoms with E-state index in [0.29, 0.717) is 0 Å². The number of benzene rings is 1. The van der Waals surface area contributed by atoms with Crippen molar-refractivity contribution in [3.05, 3.63) is 35.5 Å². The molecule has 1 aromatic heterocycles. The van der Waals surface area contributed by atoms with Crippen LogP contribution in [0.4, 0.5) is 0 Å². The molecule has 0 N–H and O–H groups in total. The van der Waals surface area contributed by atoms with E-state index >= 15 is 0 Å². The Labute approximate surface area is 122 Å². The molecule has 1 aromatic carbocycles. The number of dihydropyridines is 1. The van der Waals surface area contributed by atoms with Gasteiger partial charge in [0.1, 0.15) is 5.75 Å². The number of hydrogen-bond donors (Lipinski definition) is 0. The topological polar surface area (TPSA) is 26.5 Å². The van der Waals surface area contributed by atoms with Gasteiger partial charge in [-0.2, -0.15) is 0 Å². The smallest absolute Gasteiger partial charge is 0.119 e. The summed E-state index contributed by atoms with van der Waals surface area (Å²) in [6, 6.07) is 6.34. The van der Waals surface area contributed by atoms with Gasteiger partial charge >= 0.3 is 0 Å². The van der Waals surface area contributed by atoms with E-state index in [4.69, 9.17) is 4.74 Å². The van der Waals surface area contributed by atoms with Crippen LogP contribution in [0, 0.1) is 0 Å². The summed E-state index contributed by atoms with van der Waals surface area (Å²) in [6.45, 7) is 0.929. The molecular formula is C16H16N2OS. The summed E-state index contributed by atoms with van der Waals surface area (Å²) in [4.78, 5) is 4.67. The summed E-state index contributed by atoms with van der Waals surface area (Å²) >= 11 is 1.86.